The van der Waals surface area contributed by atoms with Crippen LogP contribution in [0.5, 0.6) is 5.75 Å². The summed E-state index contributed by atoms with van der Waals surface area (Å²) in [6.07, 6.45) is 1.72. The number of nitrogens with one attached hydrogen (secondary N) is 1. The molecule has 1 N–H and O–H groups in total. The summed E-state index contributed by atoms with van der Waals surface area (Å²) in [4.78, 5) is 41.0. The lowest BCUT2D eigenvalue weighted by Crippen LogP contribution is -2.56. The minimum atomic E-state index is -1.36. The van der Waals surface area contributed by atoms with Crippen molar-refractivity contribution in [2.45, 2.75) is 76.3 Å². The van der Waals surface area contributed by atoms with Gasteiger partial charge in [0.1, 0.15) is 29.5 Å². The molecule has 36 heavy (non-hydrogen) atoms. The summed E-state index contributed by atoms with van der Waals surface area (Å²) < 4.78 is 16.4. The van der Waals surface area contributed by atoms with Crippen molar-refractivity contribution in [3.63, 3.8) is 0 Å². The topological polar surface area (TPSA) is 94.2 Å². The van der Waals surface area contributed by atoms with E-state index in [9.17, 15) is 14.4 Å². The fourth-order valence-electron chi connectivity index (χ4n) is 5.09. The maximum Gasteiger partial charge on any atom is 0.408 e. The predicted molar refractivity (Wildman–Crippen MR) is 133 cm³/mol. The van der Waals surface area contributed by atoms with E-state index >= 15 is 0 Å². The molecule has 2 aliphatic heterocycles. The molecule has 2 aliphatic rings. The Hall–Kier alpha value is -3.55. The molecule has 0 bridgehead atoms. The number of benzene rings is 2. The first-order valence-corrected chi connectivity index (χ1v) is 12.3. The Morgan fingerprint density at radius 1 is 1.06 bits per heavy atom. The van der Waals surface area contributed by atoms with Crippen LogP contribution in [-0.4, -0.2) is 47.7 Å². The Balaban J connectivity index is 1.63. The van der Waals surface area contributed by atoms with Gasteiger partial charge in [0.15, 0.2) is 0 Å². The van der Waals surface area contributed by atoms with Crippen LogP contribution in [-0.2, 0) is 31.2 Å². The summed E-state index contributed by atoms with van der Waals surface area (Å²) in [5.74, 6) is -0.122. The van der Waals surface area contributed by atoms with E-state index in [0.717, 1.165) is 18.4 Å². The van der Waals surface area contributed by atoms with Crippen LogP contribution in [0.15, 0.2) is 54.6 Å². The number of methoxy groups -OCH3 is 1. The van der Waals surface area contributed by atoms with Gasteiger partial charge >= 0.3 is 12.1 Å². The summed E-state index contributed by atoms with van der Waals surface area (Å²) in [6.45, 7) is 5.72. The highest BCUT2D eigenvalue weighted by Crippen LogP contribution is 2.43. The van der Waals surface area contributed by atoms with Gasteiger partial charge in [-0.05, 0) is 63.3 Å². The molecule has 2 saturated heterocycles. The molecule has 0 spiro atoms. The summed E-state index contributed by atoms with van der Waals surface area (Å²) in [5, 5.41) is 2.88. The van der Waals surface area contributed by atoms with E-state index in [1.54, 1.807) is 49.9 Å². The third-order valence-corrected chi connectivity index (χ3v) is 6.67. The Bertz CT molecular complexity index is 1100. The number of carbonyl (C=O) groups is 3. The lowest BCUT2D eigenvalue weighted by Gasteiger charge is -2.36. The number of esters is 1. The normalized spacial score (nSPS) is 23.6. The van der Waals surface area contributed by atoms with Gasteiger partial charge in [0.25, 0.3) is 5.91 Å². The molecule has 0 aromatic heterocycles. The second-order valence-corrected chi connectivity index (χ2v) is 10.4. The Morgan fingerprint density at radius 2 is 1.75 bits per heavy atom. The summed E-state index contributed by atoms with van der Waals surface area (Å²) in [5.41, 5.74) is -0.435. The molecule has 2 amide bonds. The largest absolute Gasteiger partial charge is 0.489 e. The highest BCUT2D eigenvalue weighted by atomic mass is 16.6. The van der Waals surface area contributed by atoms with E-state index < -0.39 is 29.2 Å². The molecule has 0 radical (unpaired) electrons. The monoisotopic (exact) mass is 494 g/mol. The summed E-state index contributed by atoms with van der Waals surface area (Å²) >= 11 is 0. The molecule has 0 unspecified atom stereocenters. The third-order valence-electron chi connectivity index (χ3n) is 6.67. The number of hydrogen-bond donors (Lipinski definition) is 1. The van der Waals surface area contributed by atoms with E-state index in [4.69, 9.17) is 14.2 Å². The lowest BCUT2D eigenvalue weighted by atomic mass is 9.85. The zero-order chi connectivity index (χ0) is 25.9. The predicted octanol–water partition coefficient (Wildman–Crippen LogP) is 4.31. The number of piperidine rings is 1. The van der Waals surface area contributed by atoms with Gasteiger partial charge in [-0.15, -0.1) is 0 Å². The highest BCUT2D eigenvalue weighted by Gasteiger charge is 2.58. The molecule has 2 aromatic rings. The smallest absolute Gasteiger partial charge is 0.408 e. The quantitative estimate of drug-likeness (QED) is 0.602. The number of amides is 2. The first-order valence-electron chi connectivity index (χ1n) is 12.3. The molecule has 2 aromatic carbocycles. The first-order chi connectivity index (χ1) is 17.1. The number of alkyl carbamates (subject to hydrolysis) is 1. The van der Waals surface area contributed by atoms with E-state index in [2.05, 4.69) is 5.32 Å². The number of ether oxygens (including phenoxy) is 3. The summed E-state index contributed by atoms with van der Waals surface area (Å²) in [6, 6.07) is 16.1. The molecule has 2 heterocycles. The van der Waals surface area contributed by atoms with Crippen molar-refractivity contribution in [1.29, 1.82) is 0 Å². The third kappa shape index (κ3) is 5.32. The van der Waals surface area contributed by atoms with Gasteiger partial charge < -0.3 is 24.4 Å². The van der Waals surface area contributed by atoms with Crippen molar-refractivity contribution in [3.05, 3.63) is 65.7 Å². The van der Waals surface area contributed by atoms with E-state index in [1.165, 1.54) is 7.11 Å². The van der Waals surface area contributed by atoms with Crippen LogP contribution in [0.4, 0.5) is 4.79 Å². The fraction of sp³-hybridized carbons (Fsp3) is 0.464. The molecule has 8 nitrogen and oxygen atoms in total. The second-order valence-electron chi connectivity index (χ2n) is 10.4. The molecule has 4 rings (SSSR count). The molecule has 8 heteroatoms. The van der Waals surface area contributed by atoms with Crippen LogP contribution in [0.2, 0.25) is 0 Å². The van der Waals surface area contributed by atoms with Crippen LogP contribution >= 0.6 is 0 Å². The van der Waals surface area contributed by atoms with Gasteiger partial charge in [0.05, 0.1) is 7.11 Å². The van der Waals surface area contributed by atoms with Crippen LogP contribution < -0.4 is 10.1 Å². The number of carbonyl (C=O) groups excluding carboxylic acids is 3. The minimum Gasteiger partial charge on any atom is -0.489 e. The van der Waals surface area contributed by atoms with Crippen molar-refractivity contribution in [3.8, 4) is 5.75 Å². The van der Waals surface area contributed by atoms with Crippen LogP contribution in [0.25, 0.3) is 0 Å². The fourth-order valence-corrected chi connectivity index (χ4v) is 5.09. The van der Waals surface area contributed by atoms with Gasteiger partial charge in [-0.25, -0.2) is 9.59 Å². The maximum absolute atomic E-state index is 14.0. The van der Waals surface area contributed by atoms with Crippen molar-refractivity contribution in [1.82, 2.24) is 10.2 Å². The highest BCUT2D eigenvalue weighted by molar-refractivity contribution is 5.96. The molecule has 3 atom stereocenters. The second kappa shape index (κ2) is 10.2. The molecule has 192 valence electrons. The van der Waals surface area contributed by atoms with E-state index in [1.807, 2.05) is 30.3 Å². The van der Waals surface area contributed by atoms with Crippen molar-refractivity contribution < 1.29 is 28.6 Å². The van der Waals surface area contributed by atoms with E-state index in [0.29, 0.717) is 30.8 Å². The van der Waals surface area contributed by atoms with Crippen LogP contribution in [0, 0.1) is 0 Å². The van der Waals surface area contributed by atoms with Crippen molar-refractivity contribution >= 4 is 18.0 Å². The minimum absolute atomic E-state index is 0.195. The zero-order valence-electron chi connectivity index (χ0n) is 21.3. The van der Waals surface area contributed by atoms with Crippen molar-refractivity contribution in [2.75, 3.05) is 7.11 Å². The molecular formula is C28H34N2O6. The Labute approximate surface area is 211 Å². The van der Waals surface area contributed by atoms with Gasteiger partial charge in [0.2, 0.25) is 0 Å². The van der Waals surface area contributed by atoms with Crippen LogP contribution in [0.1, 0.15) is 57.6 Å². The molecule has 2 fully saturated rings. The zero-order valence-corrected chi connectivity index (χ0v) is 21.3. The molecule has 0 saturated carbocycles. The van der Waals surface area contributed by atoms with Gasteiger partial charge in [-0.3, -0.25) is 4.79 Å². The maximum atomic E-state index is 14.0. The Morgan fingerprint density at radius 3 is 2.39 bits per heavy atom. The van der Waals surface area contributed by atoms with Gasteiger partial charge in [-0.2, -0.15) is 0 Å². The lowest BCUT2D eigenvalue weighted by molar-refractivity contribution is -0.155. The number of rotatable bonds is 6. The molecule has 0 aliphatic carbocycles. The number of nitrogens with zero attached hydrogens (tertiary/aromatic N) is 1. The average Bonchev–Trinajstić information content (AvgIpc) is 3.14. The van der Waals surface area contributed by atoms with Gasteiger partial charge in [-0.1, -0.05) is 42.5 Å². The Kier molecular flexibility index (Phi) is 7.24. The van der Waals surface area contributed by atoms with Crippen molar-refractivity contribution in [2.24, 2.45) is 0 Å². The SMILES string of the molecule is COC(=O)[C@H]1CCC[C@@H]2C[C@@](NC(=O)OC(C)(C)C)(c3ccc(OCc4ccccc4)cc3)C(=O)N21. The summed E-state index contributed by atoms with van der Waals surface area (Å²) in [7, 11) is 1.33. The van der Waals surface area contributed by atoms with Gasteiger partial charge in [0, 0.05) is 12.5 Å². The van der Waals surface area contributed by atoms with E-state index in [-0.39, 0.29) is 11.9 Å². The molecular weight excluding hydrogens is 460 g/mol. The number of fused-ring (bicyclic) bond motifs is 1. The number of hydrogen-bond acceptors (Lipinski definition) is 6. The van der Waals surface area contributed by atoms with Crippen LogP contribution in [0.3, 0.4) is 0 Å². The standard InChI is InChI=1S/C28H34N2O6/c1-27(2,3)36-26(33)29-28(17-21-11-8-12-23(24(31)34-4)30(21)25(28)32)20-13-15-22(16-14-20)35-18-19-9-6-5-7-10-19/h5-7,9-10,13-16,21,23H,8,11-12,17-18H2,1-4H3,(H,29,33)/t21-,23-,28-/m1/s1. The average molecular weight is 495 g/mol. The first kappa shape index (κ1) is 25.5.